The van der Waals surface area contributed by atoms with Gasteiger partial charge >= 0.3 is 0 Å². The molecule has 0 unspecified atom stereocenters. The van der Waals surface area contributed by atoms with E-state index in [1.54, 1.807) is 24.3 Å². The third-order valence-electron chi connectivity index (χ3n) is 5.64. The van der Waals surface area contributed by atoms with E-state index in [-0.39, 0.29) is 22.9 Å². The monoisotopic (exact) mass is 430 g/mol. The number of carbonyl (C=O) groups excluding carboxylic acids is 1. The van der Waals surface area contributed by atoms with Gasteiger partial charge in [-0.2, -0.15) is 4.31 Å². The van der Waals surface area contributed by atoms with Crippen LogP contribution in [0.5, 0.6) is 0 Å². The van der Waals surface area contributed by atoms with Gasteiger partial charge in [0.25, 0.3) is 5.91 Å². The topological polar surface area (TPSA) is 83.1 Å². The van der Waals surface area contributed by atoms with E-state index in [4.69, 9.17) is 0 Å². The second kappa shape index (κ2) is 9.73. The van der Waals surface area contributed by atoms with E-state index in [1.165, 1.54) is 9.87 Å². The van der Waals surface area contributed by atoms with Crippen molar-refractivity contribution in [2.45, 2.75) is 50.6 Å². The summed E-state index contributed by atoms with van der Waals surface area (Å²) in [6.45, 7) is 7.34. The third-order valence-corrected chi connectivity index (χ3v) is 7.55. The van der Waals surface area contributed by atoms with Crippen LogP contribution in [-0.2, 0) is 14.8 Å². The molecule has 0 saturated carbocycles. The number of nitrogens with one attached hydrogen (secondary N) is 1. The number of quaternary nitrogens is 1. The summed E-state index contributed by atoms with van der Waals surface area (Å²) >= 11 is 0. The van der Waals surface area contributed by atoms with Crippen LogP contribution in [0.25, 0.3) is 0 Å². The Balaban J connectivity index is 1.63. The maximum Gasteiger partial charge on any atom is 0.282 e. The van der Waals surface area contributed by atoms with Gasteiger partial charge in [-0.05, 0) is 44.0 Å². The lowest BCUT2D eigenvalue weighted by Gasteiger charge is -2.23. The molecule has 1 aliphatic rings. The Labute approximate surface area is 179 Å². The lowest BCUT2D eigenvalue weighted by atomic mass is 9.95. The van der Waals surface area contributed by atoms with Gasteiger partial charge in [0, 0.05) is 30.3 Å². The van der Waals surface area contributed by atoms with Crippen LogP contribution in [-0.4, -0.2) is 37.8 Å². The first-order chi connectivity index (χ1) is 14.3. The van der Waals surface area contributed by atoms with Crippen LogP contribution in [0.3, 0.4) is 0 Å². The lowest BCUT2D eigenvalue weighted by molar-refractivity contribution is -0.718. The molecule has 7 heteroatoms. The smallest absolute Gasteiger partial charge is 0.282 e. The predicted octanol–water partition coefficient (Wildman–Crippen LogP) is 2.76. The van der Waals surface area contributed by atoms with E-state index in [9.17, 15) is 13.2 Å². The fourth-order valence-electron chi connectivity index (χ4n) is 3.84. The minimum absolute atomic E-state index is 0.105. The van der Waals surface area contributed by atoms with Gasteiger partial charge in [-0.1, -0.05) is 44.2 Å². The van der Waals surface area contributed by atoms with Crippen molar-refractivity contribution in [1.82, 2.24) is 4.31 Å². The van der Waals surface area contributed by atoms with Crippen molar-refractivity contribution in [3.05, 3.63) is 60.2 Å². The van der Waals surface area contributed by atoms with Crippen LogP contribution >= 0.6 is 0 Å². The first kappa shape index (κ1) is 22.5. The number of amides is 1. The number of anilines is 1. The summed E-state index contributed by atoms with van der Waals surface area (Å²) in [5, 5.41) is 4.99. The van der Waals surface area contributed by atoms with Gasteiger partial charge in [-0.25, -0.2) is 8.42 Å². The van der Waals surface area contributed by atoms with Crippen molar-refractivity contribution >= 4 is 21.6 Å². The fraction of sp³-hybridized carbons (Fsp3) is 0.435. The van der Waals surface area contributed by atoms with Crippen LogP contribution in [0, 0.1) is 5.92 Å². The highest BCUT2D eigenvalue weighted by Crippen LogP contribution is 2.22. The summed E-state index contributed by atoms with van der Waals surface area (Å²) in [7, 11) is -3.44. The molecule has 0 bridgehead atoms. The molecule has 1 amide bonds. The van der Waals surface area contributed by atoms with Gasteiger partial charge in [-0.3, -0.25) is 4.79 Å². The Morgan fingerprint density at radius 1 is 0.967 bits per heavy atom. The highest BCUT2D eigenvalue weighted by molar-refractivity contribution is 7.89. The molecule has 1 heterocycles. The van der Waals surface area contributed by atoms with E-state index in [1.807, 2.05) is 25.1 Å². The average Bonchev–Trinajstić information content (AvgIpc) is 3.28. The zero-order valence-corrected chi connectivity index (χ0v) is 18.7. The molecule has 1 fully saturated rings. The molecule has 1 aliphatic heterocycles. The first-order valence-corrected chi connectivity index (χ1v) is 12.0. The van der Waals surface area contributed by atoms with E-state index in [0.717, 1.165) is 12.8 Å². The van der Waals surface area contributed by atoms with E-state index in [0.29, 0.717) is 24.7 Å². The molecule has 0 radical (unpaired) electrons. The second-order valence-electron chi connectivity index (χ2n) is 8.29. The Morgan fingerprint density at radius 2 is 1.57 bits per heavy atom. The van der Waals surface area contributed by atoms with Gasteiger partial charge in [0.15, 0.2) is 6.04 Å². The third kappa shape index (κ3) is 5.28. The van der Waals surface area contributed by atoms with Crippen molar-refractivity contribution in [3.8, 4) is 0 Å². The van der Waals surface area contributed by atoms with Gasteiger partial charge in [0.05, 0.1) is 4.90 Å². The SMILES string of the molecule is CC(C)[C@H]([NH2+][C@@H](C)C(=O)Nc1ccc(S(=O)(=O)N2CCCC2)cc1)c1ccccc1. The summed E-state index contributed by atoms with van der Waals surface area (Å²) in [6.07, 6.45) is 1.81. The normalized spacial score (nSPS) is 17.1. The van der Waals surface area contributed by atoms with Crippen molar-refractivity contribution in [1.29, 1.82) is 0 Å². The molecule has 1 saturated heterocycles. The lowest BCUT2D eigenvalue weighted by Crippen LogP contribution is -2.93. The Kier molecular flexibility index (Phi) is 7.28. The number of hydrogen-bond acceptors (Lipinski definition) is 3. The van der Waals surface area contributed by atoms with Gasteiger partial charge in [-0.15, -0.1) is 0 Å². The van der Waals surface area contributed by atoms with Gasteiger partial charge in [0.1, 0.15) is 6.04 Å². The summed E-state index contributed by atoms with van der Waals surface area (Å²) in [4.78, 5) is 13.0. The zero-order chi connectivity index (χ0) is 21.7. The average molecular weight is 431 g/mol. The Bertz CT molecular complexity index is 937. The molecule has 30 heavy (non-hydrogen) atoms. The van der Waals surface area contributed by atoms with Crippen LogP contribution in [0.15, 0.2) is 59.5 Å². The van der Waals surface area contributed by atoms with Crippen LogP contribution < -0.4 is 10.6 Å². The highest BCUT2D eigenvalue weighted by Gasteiger charge is 2.28. The second-order valence-corrected chi connectivity index (χ2v) is 10.2. The quantitative estimate of drug-likeness (QED) is 0.676. The van der Waals surface area contributed by atoms with Gasteiger partial charge in [0.2, 0.25) is 10.0 Å². The number of carbonyl (C=O) groups is 1. The minimum atomic E-state index is -3.44. The van der Waals surface area contributed by atoms with Crippen molar-refractivity contribution in [2.75, 3.05) is 18.4 Å². The molecule has 0 spiro atoms. The zero-order valence-electron chi connectivity index (χ0n) is 17.9. The largest absolute Gasteiger partial charge is 0.330 e. The molecule has 3 N–H and O–H groups in total. The molecule has 0 aromatic heterocycles. The van der Waals surface area contributed by atoms with Crippen LogP contribution in [0.1, 0.15) is 45.2 Å². The molecule has 162 valence electrons. The van der Waals surface area contributed by atoms with Crippen molar-refractivity contribution in [3.63, 3.8) is 0 Å². The van der Waals surface area contributed by atoms with E-state index in [2.05, 4.69) is 36.6 Å². The fourth-order valence-corrected chi connectivity index (χ4v) is 5.35. The van der Waals surface area contributed by atoms with Crippen molar-refractivity contribution < 1.29 is 18.5 Å². The Morgan fingerprint density at radius 3 is 2.13 bits per heavy atom. The number of nitrogens with zero attached hydrogens (tertiary/aromatic N) is 1. The summed E-state index contributed by atoms with van der Waals surface area (Å²) in [5.74, 6) is 0.268. The maximum atomic E-state index is 12.7. The molecule has 6 nitrogen and oxygen atoms in total. The van der Waals surface area contributed by atoms with Crippen LogP contribution in [0.2, 0.25) is 0 Å². The summed E-state index contributed by atoms with van der Waals surface area (Å²) in [6, 6.07) is 16.5. The molecule has 3 rings (SSSR count). The molecular weight excluding hydrogens is 398 g/mol. The summed E-state index contributed by atoms with van der Waals surface area (Å²) < 4.78 is 26.8. The summed E-state index contributed by atoms with van der Waals surface area (Å²) in [5.41, 5.74) is 1.80. The number of rotatable bonds is 8. The minimum Gasteiger partial charge on any atom is -0.330 e. The highest BCUT2D eigenvalue weighted by atomic mass is 32.2. The molecular formula is C23H32N3O3S+. The molecule has 2 aromatic rings. The van der Waals surface area contributed by atoms with Crippen LogP contribution in [0.4, 0.5) is 5.69 Å². The molecule has 2 aromatic carbocycles. The van der Waals surface area contributed by atoms with Gasteiger partial charge < -0.3 is 10.6 Å². The number of hydrogen-bond donors (Lipinski definition) is 2. The predicted molar refractivity (Wildman–Crippen MR) is 118 cm³/mol. The maximum absolute atomic E-state index is 12.7. The molecule has 2 atom stereocenters. The number of sulfonamides is 1. The van der Waals surface area contributed by atoms with E-state index >= 15 is 0 Å². The standard InChI is InChI=1S/C23H31N3O3S/c1-17(2)22(19-9-5-4-6-10-19)24-18(3)23(27)25-20-11-13-21(14-12-20)30(28,29)26-15-7-8-16-26/h4-6,9-14,17-18,22,24H,7-8,15-16H2,1-3H3,(H,25,27)/p+1/t18-,22-/m0/s1. The number of benzene rings is 2. The number of nitrogens with two attached hydrogens (primary N) is 1. The molecule has 0 aliphatic carbocycles. The Hall–Kier alpha value is -2.22. The van der Waals surface area contributed by atoms with Crippen molar-refractivity contribution in [2.24, 2.45) is 5.92 Å². The van der Waals surface area contributed by atoms with E-state index < -0.39 is 10.0 Å². The first-order valence-electron chi connectivity index (χ1n) is 10.6.